The molecule has 1 rings (SSSR count). The minimum absolute atomic E-state index is 0.122. The highest BCUT2D eigenvalue weighted by Crippen LogP contribution is 2.21. The van der Waals surface area contributed by atoms with E-state index in [0.29, 0.717) is 18.2 Å². The van der Waals surface area contributed by atoms with Crippen molar-refractivity contribution >= 4 is 11.6 Å². The normalized spacial score (nSPS) is 13.4. The summed E-state index contributed by atoms with van der Waals surface area (Å²) in [5.74, 6) is 0.772. The molecule has 0 aliphatic heterocycles. The molecule has 0 amide bonds. The third-order valence-electron chi connectivity index (χ3n) is 2.57. The Balaban J connectivity index is 2.40. The fourth-order valence-corrected chi connectivity index (χ4v) is 1.75. The first-order valence-electron chi connectivity index (χ1n) is 6.19. The van der Waals surface area contributed by atoms with Crippen molar-refractivity contribution in [2.75, 3.05) is 13.2 Å². The fourth-order valence-electron chi connectivity index (χ4n) is 1.52. The van der Waals surface area contributed by atoms with E-state index in [0.717, 1.165) is 11.3 Å². The molecule has 0 aliphatic carbocycles. The van der Waals surface area contributed by atoms with E-state index in [2.05, 4.69) is 26.1 Å². The second-order valence-electron chi connectivity index (χ2n) is 5.68. The van der Waals surface area contributed by atoms with Gasteiger partial charge in [-0.1, -0.05) is 11.6 Å². The van der Waals surface area contributed by atoms with Gasteiger partial charge in [0.15, 0.2) is 0 Å². The molecule has 4 heteroatoms. The van der Waals surface area contributed by atoms with E-state index in [4.69, 9.17) is 16.3 Å². The third-order valence-corrected chi connectivity index (χ3v) is 2.81. The lowest BCUT2D eigenvalue weighted by molar-refractivity contribution is -0.722. The number of hydrogen-bond acceptors (Lipinski definition) is 2. The monoisotopic (exact) mass is 272 g/mol. The molecule has 3 N–H and O–H groups in total. The molecule has 1 atom stereocenters. The Bertz CT molecular complexity index is 388. The van der Waals surface area contributed by atoms with Gasteiger partial charge in [0, 0.05) is 5.02 Å². The minimum Gasteiger partial charge on any atom is -0.490 e. The summed E-state index contributed by atoms with van der Waals surface area (Å²) in [5.41, 5.74) is 1.10. The zero-order valence-electron chi connectivity index (χ0n) is 11.5. The Labute approximate surface area is 114 Å². The smallest absolute Gasteiger partial charge is 0.137 e. The lowest BCUT2D eigenvalue weighted by Gasteiger charge is -2.20. The van der Waals surface area contributed by atoms with Crippen molar-refractivity contribution in [1.82, 2.24) is 0 Å². The maximum Gasteiger partial charge on any atom is 0.137 e. The Hall–Kier alpha value is -0.770. The summed E-state index contributed by atoms with van der Waals surface area (Å²) in [6.07, 6.45) is -0.473. The first-order chi connectivity index (χ1) is 8.28. The van der Waals surface area contributed by atoms with Crippen LogP contribution >= 0.6 is 11.6 Å². The highest BCUT2D eigenvalue weighted by atomic mass is 35.5. The molecule has 0 saturated heterocycles. The van der Waals surface area contributed by atoms with Crippen molar-refractivity contribution in [2.24, 2.45) is 0 Å². The number of hydrogen-bond donors (Lipinski definition) is 2. The molecule has 3 nitrogen and oxygen atoms in total. The van der Waals surface area contributed by atoms with Crippen LogP contribution in [0.15, 0.2) is 18.2 Å². The van der Waals surface area contributed by atoms with Gasteiger partial charge < -0.3 is 15.2 Å². The van der Waals surface area contributed by atoms with E-state index < -0.39 is 6.10 Å². The average Bonchev–Trinajstić information content (AvgIpc) is 2.24. The topological polar surface area (TPSA) is 46.1 Å². The maximum absolute atomic E-state index is 9.84. The highest BCUT2D eigenvalue weighted by molar-refractivity contribution is 6.30. The van der Waals surface area contributed by atoms with Crippen molar-refractivity contribution in [1.29, 1.82) is 0 Å². The predicted octanol–water partition coefficient (Wildman–Crippen LogP) is 1.75. The van der Waals surface area contributed by atoms with Gasteiger partial charge in [0.1, 0.15) is 25.0 Å². The van der Waals surface area contributed by atoms with Gasteiger partial charge in [-0.05, 0) is 51.5 Å². The van der Waals surface area contributed by atoms with Gasteiger partial charge in [-0.3, -0.25) is 0 Å². The van der Waals surface area contributed by atoms with E-state index in [-0.39, 0.29) is 5.54 Å². The maximum atomic E-state index is 9.84. The second-order valence-corrected chi connectivity index (χ2v) is 6.12. The summed E-state index contributed by atoms with van der Waals surface area (Å²) < 4.78 is 5.59. The lowest BCUT2D eigenvalue weighted by atomic mass is 10.1. The second kappa shape index (κ2) is 6.41. The fraction of sp³-hybridized carbons (Fsp3) is 0.571. The van der Waals surface area contributed by atoms with Crippen LogP contribution in [0.4, 0.5) is 0 Å². The quantitative estimate of drug-likeness (QED) is 0.858. The Morgan fingerprint density at radius 2 is 2.06 bits per heavy atom. The third kappa shape index (κ3) is 5.71. The Morgan fingerprint density at radius 1 is 1.39 bits per heavy atom. The van der Waals surface area contributed by atoms with E-state index in [1.807, 2.05) is 19.1 Å². The zero-order chi connectivity index (χ0) is 13.8. The molecule has 0 aromatic heterocycles. The number of aryl methyl sites for hydroxylation is 1. The number of aliphatic hydroxyl groups excluding tert-OH is 1. The number of nitrogens with two attached hydrogens (primary N) is 1. The molecule has 0 fully saturated rings. The van der Waals surface area contributed by atoms with Crippen molar-refractivity contribution < 1.29 is 15.2 Å². The van der Waals surface area contributed by atoms with Crippen LogP contribution in [0.5, 0.6) is 5.75 Å². The van der Waals surface area contributed by atoms with Crippen molar-refractivity contribution in [2.45, 2.75) is 39.3 Å². The Morgan fingerprint density at radius 3 is 2.61 bits per heavy atom. The number of aliphatic hydroxyl groups is 1. The van der Waals surface area contributed by atoms with E-state index in [1.165, 1.54) is 0 Å². The lowest BCUT2D eigenvalue weighted by Crippen LogP contribution is -2.96. The molecule has 0 heterocycles. The molecule has 0 spiro atoms. The predicted molar refractivity (Wildman–Crippen MR) is 74.2 cm³/mol. The molecular weight excluding hydrogens is 250 g/mol. The Kier molecular flexibility index (Phi) is 5.45. The summed E-state index contributed by atoms with van der Waals surface area (Å²) in [7, 11) is 0. The molecule has 0 radical (unpaired) electrons. The number of quaternary nitrogens is 1. The molecule has 0 aliphatic rings. The van der Waals surface area contributed by atoms with Gasteiger partial charge in [-0.25, -0.2) is 0 Å². The number of benzene rings is 1. The number of rotatable bonds is 5. The van der Waals surface area contributed by atoms with Crippen LogP contribution in [0.3, 0.4) is 0 Å². The summed E-state index contributed by atoms with van der Waals surface area (Å²) in [6.45, 7) is 9.22. The van der Waals surface area contributed by atoms with Crippen LogP contribution in [0.2, 0.25) is 5.02 Å². The van der Waals surface area contributed by atoms with Gasteiger partial charge in [-0.2, -0.15) is 0 Å². The van der Waals surface area contributed by atoms with Crippen LogP contribution in [0.25, 0.3) is 0 Å². The van der Waals surface area contributed by atoms with Gasteiger partial charge in [0.25, 0.3) is 0 Å². The molecule has 18 heavy (non-hydrogen) atoms. The van der Waals surface area contributed by atoms with E-state index in [9.17, 15) is 5.11 Å². The molecule has 1 aromatic rings. The van der Waals surface area contributed by atoms with Gasteiger partial charge in [0.05, 0.1) is 5.54 Å². The van der Waals surface area contributed by atoms with Crippen molar-refractivity contribution in [3.05, 3.63) is 28.8 Å². The van der Waals surface area contributed by atoms with Crippen LogP contribution < -0.4 is 10.1 Å². The zero-order valence-corrected chi connectivity index (χ0v) is 12.3. The highest BCUT2D eigenvalue weighted by Gasteiger charge is 2.16. The SMILES string of the molecule is Cc1cc(Cl)ccc1OCC(O)C[NH2+]C(C)(C)C. The van der Waals surface area contributed by atoms with Crippen LogP contribution in [-0.4, -0.2) is 29.9 Å². The minimum atomic E-state index is -0.473. The molecular formula is C14H23ClNO2+. The van der Waals surface area contributed by atoms with Crippen molar-refractivity contribution in [3.63, 3.8) is 0 Å². The first-order valence-corrected chi connectivity index (χ1v) is 6.57. The molecule has 102 valence electrons. The largest absolute Gasteiger partial charge is 0.490 e. The van der Waals surface area contributed by atoms with Gasteiger partial charge >= 0.3 is 0 Å². The number of ether oxygens (including phenoxy) is 1. The van der Waals surface area contributed by atoms with Crippen LogP contribution in [0, 0.1) is 6.92 Å². The first kappa shape index (κ1) is 15.3. The summed E-state index contributed by atoms with van der Waals surface area (Å²) in [6, 6.07) is 5.47. The van der Waals surface area contributed by atoms with Gasteiger partial charge in [-0.15, -0.1) is 0 Å². The molecule has 0 saturated carbocycles. The summed E-state index contributed by atoms with van der Waals surface area (Å²) >= 11 is 5.87. The van der Waals surface area contributed by atoms with Crippen molar-refractivity contribution in [3.8, 4) is 5.75 Å². The summed E-state index contributed by atoms with van der Waals surface area (Å²) in [4.78, 5) is 0. The molecule has 1 aromatic carbocycles. The summed E-state index contributed by atoms with van der Waals surface area (Å²) in [5, 5.41) is 12.6. The van der Waals surface area contributed by atoms with E-state index in [1.54, 1.807) is 6.07 Å². The van der Waals surface area contributed by atoms with E-state index >= 15 is 0 Å². The van der Waals surface area contributed by atoms with Gasteiger partial charge in [0.2, 0.25) is 0 Å². The molecule has 0 bridgehead atoms. The van der Waals surface area contributed by atoms with Crippen LogP contribution in [-0.2, 0) is 0 Å². The molecule has 1 unspecified atom stereocenters. The average molecular weight is 273 g/mol. The van der Waals surface area contributed by atoms with Crippen LogP contribution in [0.1, 0.15) is 26.3 Å². The number of halogens is 1. The standard InChI is InChI=1S/C14H22ClNO2/c1-10-7-11(15)5-6-13(10)18-9-12(17)8-16-14(2,3)4/h5-7,12,16-17H,8-9H2,1-4H3/p+1.